The second-order valence-electron chi connectivity index (χ2n) is 6.86. The SMILES string of the molecule is O=C1CCOc2ccccc2-c2cccc(c2)C[C@H]2C[C@@H](F)CCN12. The Morgan fingerprint density at radius 3 is 2.92 bits per heavy atom. The van der Waals surface area contributed by atoms with E-state index >= 15 is 0 Å². The fraction of sp³-hybridized carbons (Fsp3) is 0.381. The van der Waals surface area contributed by atoms with Gasteiger partial charge in [-0.1, -0.05) is 42.5 Å². The summed E-state index contributed by atoms with van der Waals surface area (Å²) in [6.07, 6.45) is 1.07. The minimum atomic E-state index is -0.817. The maximum atomic E-state index is 14.0. The predicted octanol–water partition coefficient (Wildman–Crippen LogP) is 4.01. The average Bonchev–Trinajstić information content (AvgIpc) is 2.62. The van der Waals surface area contributed by atoms with Crippen molar-refractivity contribution in [2.45, 2.75) is 37.9 Å². The van der Waals surface area contributed by atoms with E-state index in [1.807, 2.05) is 35.2 Å². The third-order valence-electron chi connectivity index (χ3n) is 5.14. The molecule has 4 rings (SSSR count). The van der Waals surface area contributed by atoms with Crippen LogP contribution in [-0.2, 0) is 11.2 Å². The van der Waals surface area contributed by atoms with E-state index in [9.17, 15) is 9.18 Å². The van der Waals surface area contributed by atoms with Crippen LogP contribution in [0.3, 0.4) is 0 Å². The van der Waals surface area contributed by atoms with Gasteiger partial charge in [0.25, 0.3) is 0 Å². The predicted molar refractivity (Wildman–Crippen MR) is 95.3 cm³/mol. The molecule has 2 aliphatic heterocycles. The highest BCUT2D eigenvalue weighted by Crippen LogP contribution is 2.32. The molecule has 130 valence electrons. The van der Waals surface area contributed by atoms with E-state index in [4.69, 9.17) is 4.74 Å². The highest BCUT2D eigenvalue weighted by Gasteiger charge is 2.31. The number of ether oxygens (including phenoxy) is 1. The van der Waals surface area contributed by atoms with Crippen molar-refractivity contribution in [2.75, 3.05) is 13.2 Å². The molecule has 2 heterocycles. The van der Waals surface area contributed by atoms with E-state index in [-0.39, 0.29) is 11.9 Å². The molecule has 0 spiro atoms. The first-order valence-electron chi connectivity index (χ1n) is 8.95. The van der Waals surface area contributed by atoms with Crippen molar-refractivity contribution in [3.8, 4) is 16.9 Å². The molecule has 3 nitrogen and oxygen atoms in total. The summed E-state index contributed by atoms with van der Waals surface area (Å²) in [6.45, 7) is 0.846. The van der Waals surface area contributed by atoms with Gasteiger partial charge in [0.15, 0.2) is 0 Å². The van der Waals surface area contributed by atoms with Gasteiger partial charge in [-0.15, -0.1) is 0 Å². The number of amides is 1. The molecule has 2 atom stereocenters. The van der Waals surface area contributed by atoms with Crippen LogP contribution in [0.25, 0.3) is 11.1 Å². The van der Waals surface area contributed by atoms with Crippen molar-refractivity contribution in [1.82, 2.24) is 4.90 Å². The van der Waals surface area contributed by atoms with Crippen LogP contribution in [0.2, 0.25) is 0 Å². The summed E-state index contributed by atoms with van der Waals surface area (Å²) in [5, 5.41) is 0. The lowest BCUT2D eigenvalue weighted by Crippen LogP contribution is -2.48. The maximum absolute atomic E-state index is 14.0. The lowest BCUT2D eigenvalue weighted by atomic mass is 9.92. The van der Waals surface area contributed by atoms with Gasteiger partial charge in [0, 0.05) is 18.2 Å². The molecule has 0 N–H and O–H groups in total. The largest absolute Gasteiger partial charge is 0.492 e. The molecule has 2 bridgehead atoms. The second-order valence-corrected chi connectivity index (χ2v) is 6.86. The molecule has 4 heteroatoms. The van der Waals surface area contributed by atoms with E-state index in [1.54, 1.807) is 0 Å². The van der Waals surface area contributed by atoms with Crippen LogP contribution >= 0.6 is 0 Å². The Hall–Kier alpha value is -2.36. The highest BCUT2D eigenvalue weighted by atomic mass is 19.1. The Bertz CT molecular complexity index is 776. The number of nitrogens with zero attached hydrogens (tertiary/aromatic N) is 1. The van der Waals surface area contributed by atoms with Gasteiger partial charge in [-0.2, -0.15) is 0 Å². The van der Waals surface area contributed by atoms with Crippen molar-refractivity contribution in [3.63, 3.8) is 0 Å². The van der Waals surface area contributed by atoms with Crippen LogP contribution in [0, 0.1) is 0 Å². The van der Waals surface area contributed by atoms with Crippen LogP contribution in [-0.4, -0.2) is 36.2 Å². The number of halogens is 1. The quantitative estimate of drug-likeness (QED) is 0.726. The summed E-state index contributed by atoms with van der Waals surface area (Å²) in [6, 6.07) is 16.1. The summed E-state index contributed by atoms with van der Waals surface area (Å²) >= 11 is 0. The van der Waals surface area contributed by atoms with Crippen molar-refractivity contribution in [1.29, 1.82) is 0 Å². The number of carbonyl (C=O) groups is 1. The van der Waals surface area contributed by atoms with Gasteiger partial charge in [0.2, 0.25) is 5.91 Å². The topological polar surface area (TPSA) is 29.5 Å². The minimum Gasteiger partial charge on any atom is -0.492 e. The number of hydrogen-bond acceptors (Lipinski definition) is 2. The molecular formula is C21H22FNO2. The first kappa shape index (κ1) is 16.1. The monoisotopic (exact) mass is 339 g/mol. The van der Waals surface area contributed by atoms with E-state index < -0.39 is 6.17 Å². The molecular weight excluding hydrogens is 317 g/mol. The number of rotatable bonds is 0. The lowest BCUT2D eigenvalue weighted by molar-refractivity contribution is -0.136. The fourth-order valence-corrected chi connectivity index (χ4v) is 3.88. The average molecular weight is 339 g/mol. The summed E-state index contributed by atoms with van der Waals surface area (Å²) in [7, 11) is 0. The van der Waals surface area contributed by atoms with Gasteiger partial charge in [-0.3, -0.25) is 4.79 Å². The molecule has 1 fully saturated rings. The van der Waals surface area contributed by atoms with Gasteiger partial charge in [-0.05, 0) is 36.5 Å². The van der Waals surface area contributed by atoms with Gasteiger partial charge in [0.05, 0.1) is 13.0 Å². The first-order valence-corrected chi connectivity index (χ1v) is 8.95. The first-order chi connectivity index (χ1) is 12.2. The summed E-state index contributed by atoms with van der Waals surface area (Å²) in [4.78, 5) is 14.5. The van der Waals surface area contributed by atoms with Crippen molar-refractivity contribution >= 4 is 5.91 Å². The lowest BCUT2D eigenvalue weighted by Gasteiger charge is -2.37. The molecule has 2 aromatic carbocycles. The smallest absolute Gasteiger partial charge is 0.226 e. The van der Waals surface area contributed by atoms with E-state index in [0.29, 0.717) is 38.8 Å². The number of fused-ring (bicyclic) bond motifs is 5. The van der Waals surface area contributed by atoms with Crippen molar-refractivity contribution in [2.24, 2.45) is 0 Å². The maximum Gasteiger partial charge on any atom is 0.226 e. The fourth-order valence-electron chi connectivity index (χ4n) is 3.88. The molecule has 0 saturated carbocycles. The Morgan fingerprint density at radius 1 is 1.12 bits per heavy atom. The summed E-state index contributed by atoms with van der Waals surface area (Å²) in [5.74, 6) is 0.859. The Labute approximate surface area is 147 Å². The van der Waals surface area contributed by atoms with Gasteiger partial charge >= 0.3 is 0 Å². The standard InChI is InChI=1S/C21H22FNO2/c22-17-8-10-23-18(14-17)13-15-4-3-5-16(12-15)19-6-1-2-7-20(19)25-11-9-21(23)24/h1-7,12,17-18H,8-11,13-14H2/t17-,18-/m0/s1. The molecule has 2 aliphatic rings. The van der Waals surface area contributed by atoms with Gasteiger partial charge < -0.3 is 9.64 Å². The Balaban J connectivity index is 1.74. The second kappa shape index (κ2) is 6.87. The van der Waals surface area contributed by atoms with Crippen LogP contribution in [0.1, 0.15) is 24.8 Å². The molecule has 0 aromatic heterocycles. The van der Waals surface area contributed by atoms with E-state index in [1.165, 1.54) is 0 Å². The third kappa shape index (κ3) is 3.39. The number of carbonyl (C=O) groups excluding carboxylic acids is 1. The van der Waals surface area contributed by atoms with Crippen LogP contribution in [0.15, 0.2) is 48.5 Å². The van der Waals surface area contributed by atoms with E-state index in [0.717, 1.165) is 22.4 Å². The number of para-hydroxylation sites is 1. The zero-order valence-electron chi connectivity index (χ0n) is 14.2. The van der Waals surface area contributed by atoms with Crippen molar-refractivity contribution in [3.05, 3.63) is 54.1 Å². The number of hydrogen-bond donors (Lipinski definition) is 0. The summed E-state index contributed by atoms with van der Waals surface area (Å²) < 4.78 is 19.9. The van der Waals surface area contributed by atoms with Crippen LogP contribution < -0.4 is 4.74 Å². The number of piperidine rings is 1. The zero-order valence-corrected chi connectivity index (χ0v) is 14.2. The van der Waals surface area contributed by atoms with Crippen LogP contribution in [0.5, 0.6) is 5.75 Å². The Kier molecular flexibility index (Phi) is 4.43. The minimum absolute atomic E-state index is 0.0612. The third-order valence-corrected chi connectivity index (χ3v) is 5.14. The summed E-state index contributed by atoms with van der Waals surface area (Å²) in [5.41, 5.74) is 3.25. The molecule has 0 radical (unpaired) electrons. The number of benzene rings is 2. The molecule has 1 amide bonds. The molecule has 25 heavy (non-hydrogen) atoms. The molecule has 0 aliphatic carbocycles. The van der Waals surface area contributed by atoms with Gasteiger partial charge in [0.1, 0.15) is 11.9 Å². The van der Waals surface area contributed by atoms with E-state index in [2.05, 4.69) is 18.2 Å². The normalized spacial score (nSPS) is 23.6. The highest BCUT2D eigenvalue weighted by molar-refractivity contribution is 5.77. The number of alkyl halides is 1. The Morgan fingerprint density at radius 2 is 2.00 bits per heavy atom. The van der Waals surface area contributed by atoms with Gasteiger partial charge in [-0.25, -0.2) is 4.39 Å². The molecule has 2 aromatic rings. The molecule has 0 unspecified atom stereocenters. The zero-order chi connectivity index (χ0) is 17.2. The van der Waals surface area contributed by atoms with Crippen molar-refractivity contribution < 1.29 is 13.9 Å². The van der Waals surface area contributed by atoms with Crippen LogP contribution in [0.4, 0.5) is 4.39 Å². The molecule has 1 saturated heterocycles.